The standard InChI is InChI=1S/C34H41N5O3/c1-25(2)21-36-17-13-28(30(22-36)26-9-5-3-6-10-26)32(40)37-19-15-34(42,16-20-37)23-38-24-35-31-29(33(38)41)14-18-39(31)27-11-7-4-8-12-27/h3-12,14,18,24-25,28,30,42H,13,15-17,19-23H2,1-2H3/t28-,30+/m1/s1. The van der Waals surface area contributed by atoms with E-state index in [1.165, 1.54) is 16.5 Å². The minimum atomic E-state index is -1.07. The van der Waals surface area contributed by atoms with Gasteiger partial charge in [-0.15, -0.1) is 0 Å². The van der Waals surface area contributed by atoms with Gasteiger partial charge in [0.15, 0.2) is 5.65 Å². The normalized spacial score (nSPS) is 21.2. The van der Waals surface area contributed by atoms with Crippen molar-refractivity contribution in [1.29, 1.82) is 0 Å². The van der Waals surface area contributed by atoms with E-state index in [9.17, 15) is 14.7 Å². The fourth-order valence-corrected chi connectivity index (χ4v) is 6.85. The summed E-state index contributed by atoms with van der Waals surface area (Å²) in [5.74, 6) is 0.870. The third-order valence-corrected chi connectivity index (χ3v) is 9.04. The lowest BCUT2D eigenvalue weighted by molar-refractivity contribution is -0.142. The molecule has 0 spiro atoms. The maximum absolute atomic E-state index is 13.9. The maximum atomic E-state index is 13.9. The molecule has 0 bridgehead atoms. The van der Waals surface area contributed by atoms with Gasteiger partial charge in [0.05, 0.1) is 17.5 Å². The van der Waals surface area contributed by atoms with Gasteiger partial charge >= 0.3 is 0 Å². The van der Waals surface area contributed by atoms with Crippen molar-refractivity contribution < 1.29 is 9.90 Å². The quantitative estimate of drug-likeness (QED) is 0.360. The van der Waals surface area contributed by atoms with Crippen LogP contribution in [0.2, 0.25) is 0 Å². The number of carbonyl (C=O) groups is 1. The number of hydrogen-bond acceptors (Lipinski definition) is 5. The number of rotatable bonds is 7. The molecule has 220 valence electrons. The summed E-state index contributed by atoms with van der Waals surface area (Å²) in [7, 11) is 0. The SMILES string of the molecule is CC(C)CN1CC[C@@H](C(=O)N2CCC(O)(Cn3cnc4c(ccn4-c4ccccc4)c3=O)CC2)[C@H](c2ccccc2)C1. The molecule has 4 aromatic rings. The fourth-order valence-electron chi connectivity index (χ4n) is 6.85. The lowest BCUT2D eigenvalue weighted by Gasteiger charge is -2.43. The summed E-state index contributed by atoms with van der Waals surface area (Å²) in [6.45, 7) is 8.47. The Labute approximate surface area is 247 Å². The molecule has 42 heavy (non-hydrogen) atoms. The molecule has 2 aromatic heterocycles. The number of likely N-dealkylation sites (tertiary alicyclic amines) is 2. The van der Waals surface area contributed by atoms with Crippen molar-refractivity contribution in [3.8, 4) is 5.69 Å². The highest BCUT2D eigenvalue weighted by Crippen LogP contribution is 2.35. The van der Waals surface area contributed by atoms with E-state index in [2.05, 4.69) is 48.0 Å². The monoisotopic (exact) mass is 567 g/mol. The molecule has 0 aliphatic carbocycles. The highest BCUT2D eigenvalue weighted by molar-refractivity contribution is 5.80. The van der Waals surface area contributed by atoms with Crippen molar-refractivity contribution in [3.63, 3.8) is 0 Å². The number of carbonyl (C=O) groups excluding carboxylic acids is 1. The van der Waals surface area contributed by atoms with Crippen molar-refractivity contribution >= 4 is 16.9 Å². The molecule has 8 nitrogen and oxygen atoms in total. The summed E-state index contributed by atoms with van der Waals surface area (Å²) in [5.41, 5.74) is 1.52. The first-order valence-corrected chi connectivity index (χ1v) is 15.2. The van der Waals surface area contributed by atoms with E-state index in [4.69, 9.17) is 0 Å². The van der Waals surface area contributed by atoms with Crippen LogP contribution in [0.5, 0.6) is 0 Å². The Kier molecular flexibility index (Phi) is 8.01. The van der Waals surface area contributed by atoms with E-state index < -0.39 is 5.60 Å². The van der Waals surface area contributed by atoms with E-state index >= 15 is 0 Å². The molecule has 0 saturated carbocycles. The predicted octanol–water partition coefficient (Wildman–Crippen LogP) is 4.30. The largest absolute Gasteiger partial charge is 0.388 e. The average molecular weight is 568 g/mol. The number of aliphatic hydroxyl groups is 1. The second kappa shape index (κ2) is 11.9. The predicted molar refractivity (Wildman–Crippen MR) is 165 cm³/mol. The second-order valence-electron chi connectivity index (χ2n) is 12.6. The van der Waals surface area contributed by atoms with Crippen LogP contribution < -0.4 is 5.56 Å². The summed E-state index contributed by atoms with van der Waals surface area (Å²) in [6, 6.07) is 22.0. The van der Waals surface area contributed by atoms with Crippen LogP contribution in [0.4, 0.5) is 0 Å². The Hall–Kier alpha value is -3.75. The summed E-state index contributed by atoms with van der Waals surface area (Å²) in [6.07, 6.45) is 5.09. The summed E-state index contributed by atoms with van der Waals surface area (Å²) >= 11 is 0. The second-order valence-corrected chi connectivity index (χ2v) is 12.6. The minimum absolute atomic E-state index is 0.0649. The van der Waals surface area contributed by atoms with Gasteiger partial charge in [-0.3, -0.25) is 14.2 Å². The number of amides is 1. The molecule has 2 atom stereocenters. The zero-order valence-electron chi connectivity index (χ0n) is 24.6. The number of benzene rings is 2. The van der Waals surface area contributed by atoms with E-state index in [1.54, 1.807) is 6.07 Å². The Morgan fingerprint density at radius 2 is 1.69 bits per heavy atom. The number of para-hydroxylation sites is 1. The molecule has 0 radical (unpaired) electrons. The molecule has 2 aromatic carbocycles. The van der Waals surface area contributed by atoms with Crippen LogP contribution in [0.1, 0.15) is 44.6 Å². The fraction of sp³-hybridized carbons (Fsp3) is 0.441. The molecular formula is C34H41N5O3. The Morgan fingerprint density at radius 3 is 2.38 bits per heavy atom. The van der Waals surface area contributed by atoms with E-state index in [0.717, 1.165) is 31.7 Å². The van der Waals surface area contributed by atoms with Crippen molar-refractivity contribution in [1.82, 2.24) is 23.9 Å². The number of nitrogens with zero attached hydrogens (tertiary/aromatic N) is 5. The van der Waals surface area contributed by atoms with Gasteiger partial charge in [-0.2, -0.15) is 0 Å². The molecule has 8 heteroatoms. The molecule has 4 heterocycles. The van der Waals surface area contributed by atoms with Gasteiger partial charge in [-0.25, -0.2) is 4.98 Å². The van der Waals surface area contributed by atoms with Crippen molar-refractivity contribution in [2.45, 2.75) is 51.2 Å². The van der Waals surface area contributed by atoms with E-state index in [1.807, 2.05) is 52.1 Å². The van der Waals surface area contributed by atoms with Gasteiger partial charge in [-0.1, -0.05) is 62.4 Å². The molecule has 2 fully saturated rings. The molecule has 2 aliphatic rings. The van der Waals surface area contributed by atoms with Crippen LogP contribution in [0.25, 0.3) is 16.7 Å². The van der Waals surface area contributed by atoms with Crippen LogP contribution in [0, 0.1) is 11.8 Å². The summed E-state index contributed by atoms with van der Waals surface area (Å²) in [5, 5.41) is 12.0. The van der Waals surface area contributed by atoms with Gasteiger partial charge in [0.1, 0.15) is 6.33 Å². The average Bonchev–Trinajstić information content (AvgIpc) is 3.44. The van der Waals surface area contributed by atoms with Gasteiger partial charge in [0, 0.05) is 49.9 Å². The molecule has 6 rings (SSSR count). The third kappa shape index (κ3) is 5.78. The Balaban J connectivity index is 1.14. The Morgan fingerprint density at radius 1 is 1.00 bits per heavy atom. The molecule has 0 unspecified atom stereocenters. The maximum Gasteiger partial charge on any atom is 0.262 e. The number of hydrogen-bond donors (Lipinski definition) is 1. The van der Waals surface area contributed by atoms with E-state index in [0.29, 0.717) is 42.9 Å². The smallest absolute Gasteiger partial charge is 0.262 e. The summed E-state index contributed by atoms with van der Waals surface area (Å²) in [4.78, 5) is 36.3. The molecule has 2 aliphatic heterocycles. The first-order valence-electron chi connectivity index (χ1n) is 15.2. The lowest BCUT2D eigenvalue weighted by atomic mass is 9.79. The highest BCUT2D eigenvalue weighted by Gasteiger charge is 2.41. The zero-order chi connectivity index (χ0) is 29.3. The first-order chi connectivity index (χ1) is 20.3. The molecule has 1 N–H and O–H groups in total. The molecular weight excluding hydrogens is 526 g/mol. The van der Waals surface area contributed by atoms with Crippen LogP contribution in [-0.4, -0.2) is 73.3 Å². The lowest BCUT2D eigenvalue weighted by Crippen LogP contribution is -2.53. The first kappa shape index (κ1) is 28.4. The van der Waals surface area contributed by atoms with Crippen LogP contribution in [-0.2, 0) is 11.3 Å². The Bertz CT molecular complexity index is 1570. The van der Waals surface area contributed by atoms with Crippen molar-refractivity contribution in [3.05, 3.63) is 95.2 Å². The van der Waals surface area contributed by atoms with Gasteiger partial charge in [0.2, 0.25) is 5.91 Å². The highest BCUT2D eigenvalue weighted by atomic mass is 16.3. The van der Waals surface area contributed by atoms with Crippen molar-refractivity contribution in [2.24, 2.45) is 11.8 Å². The topological polar surface area (TPSA) is 83.6 Å². The van der Waals surface area contributed by atoms with Gasteiger partial charge in [-0.05, 0) is 55.5 Å². The van der Waals surface area contributed by atoms with E-state index in [-0.39, 0.29) is 29.8 Å². The zero-order valence-corrected chi connectivity index (χ0v) is 24.6. The molecule has 1 amide bonds. The molecule has 2 saturated heterocycles. The number of aromatic nitrogens is 3. The minimum Gasteiger partial charge on any atom is -0.388 e. The van der Waals surface area contributed by atoms with Crippen LogP contribution in [0.15, 0.2) is 84.0 Å². The third-order valence-electron chi connectivity index (χ3n) is 9.04. The van der Waals surface area contributed by atoms with Gasteiger partial charge < -0.3 is 19.5 Å². The number of piperidine rings is 2. The summed E-state index contributed by atoms with van der Waals surface area (Å²) < 4.78 is 3.42. The van der Waals surface area contributed by atoms with Crippen LogP contribution >= 0.6 is 0 Å². The van der Waals surface area contributed by atoms with Crippen LogP contribution in [0.3, 0.4) is 0 Å². The van der Waals surface area contributed by atoms with Crippen molar-refractivity contribution in [2.75, 3.05) is 32.7 Å². The van der Waals surface area contributed by atoms with Gasteiger partial charge in [0.25, 0.3) is 5.56 Å². The number of fused-ring (bicyclic) bond motifs is 1.